The number of aromatic amines is 1. The summed E-state index contributed by atoms with van der Waals surface area (Å²) in [6.07, 6.45) is 0. The van der Waals surface area contributed by atoms with Gasteiger partial charge in [0.2, 0.25) is 0 Å². The lowest BCUT2D eigenvalue weighted by Crippen LogP contribution is -1.80. The highest BCUT2D eigenvalue weighted by Crippen LogP contribution is 2.30. The van der Waals surface area contributed by atoms with Gasteiger partial charge in [0.25, 0.3) is 0 Å². The molecule has 1 aromatic carbocycles. The van der Waals surface area contributed by atoms with E-state index in [1.807, 2.05) is 6.07 Å². The average Bonchev–Trinajstić information content (AvgIpc) is 3.09. The lowest BCUT2D eigenvalue weighted by molar-refractivity contribution is 0.593. The van der Waals surface area contributed by atoms with E-state index in [1.165, 1.54) is 12.1 Å². The Hall–Kier alpha value is -2.65. The van der Waals surface area contributed by atoms with E-state index in [1.54, 1.807) is 18.2 Å². The summed E-state index contributed by atoms with van der Waals surface area (Å²) in [5, 5.41) is 18.8. The molecule has 3 rings (SSSR count). The van der Waals surface area contributed by atoms with Gasteiger partial charge in [0.15, 0.2) is 17.1 Å². The van der Waals surface area contributed by atoms with Crippen LogP contribution in [0.4, 0.5) is 4.39 Å². The van der Waals surface area contributed by atoms with Gasteiger partial charge in [-0.05, 0) is 30.3 Å². The second-order valence-corrected chi connectivity index (χ2v) is 4.33. The summed E-state index contributed by atoms with van der Waals surface area (Å²) < 4.78 is 18.7. The number of nitrogens with one attached hydrogen (secondary N) is 1. The van der Waals surface area contributed by atoms with Gasteiger partial charge in [-0.25, -0.2) is 4.39 Å². The molecule has 0 radical (unpaired) electrons. The monoisotopic (exact) mass is 288 g/mol. The van der Waals surface area contributed by atoms with Gasteiger partial charge in [-0.2, -0.15) is 15.6 Å². The van der Waals surface area contributed by atoms with Crippen LogP contribution in [0.3, 0.4) is 0 Å². The summed E-state index contributed by atoms with van der Waals surface area (Å²) in [6.45, 7) is 0. The Kier molecular flexibility index (Phi) is 2.97. The van der Waals surface area contributed by atoms with Crippen LogP contribution < -0.4 is 0 Å². The fourth-order valence-electron chi connectivity index (χ4n) is 1.75. The van der Waals surface area contributed by atoms with Crippen molar-refractivity contribution in [2.24, 2.45) is 0 Å². The van der Waals surface area contributed by atoms with Crippen LogP contribution in [0, 0.1) is 17.1 Å². The lowest BCUT2D eigenvalue weighted by Gasteiger charge is -1.99. The van der Waals surface area contributed by atoms with Gasteiger partial charge in [0.05, 0.1) is 5.02 Å². The number of aromatic nitrogens is 3. The number of nitrogens with zero attached hydrogens (tertiary/aromatic N) is 3. The van der Waals surface area contributed by atoms with Crippen molar-refractivity contribution in [1.29, 1.82) is 5.26 Å². The Morgan fingerprint density at radius 3 is 2.75 bits per heavy atom. The van der Waals surface area contributed by atoms with Crippen molar-refractivity contribution in [2.45, 2.75) is 0 Å². The molecule has 0 aliphatic rings. The van der Waals surface area contributed by atoms with Crippen LogP contribution in [-0.4, -0.2) is 15.4 Å². The molecule has 0 amide bonds. The molecule has 0 bridgehead atoms. The van der Waals surface area contributed by atoms with Crippen LogP contribution in [-0.2, 0) is 0 Å². The van der Waals surface area contributed by atoms with E-state index in [0.29, 0.717) is 22.8 Å². The zero-order valence-corrected chi connectivity index (χ0v) is 10.6. The largest absolute Gasteiger partial charge is 0.454 e. The molecule has 0 aliphatic carbocycles. The molecule has 0 saturated heterocycles. The average molecular weight is 289 g/mol. The van der Waals surface area contributed by atoms with E-state index in [9.17, 15) is 4.39 Å². The van der Waals surface area contributed by atoms with Crippen molar-refractivity contribution in [3.8, 4) is 28.8 Å². The molecule has 0 atom stereocenters. The van der Waals surface area contributed by atoms with Crippen LogP contribution in [0.15, 0.2) is 34.7 Å². The van der Waals surface area contributed by atoms with Crippen LogP contribution in [0.1, 0.15) is 5.69 Å². The molecule has 5 nitrogen and oxygen atoms in total. The fourth-order valence-corrected chi connectivity index (χ4v) is 1.93. The van der Waals surface area contributed by atoms with Crippen LogP contribution in [0.5, 0.6) is 0 Å². The first-order valence-electron chi connectivity index (χ1n) is 5.55. The Bertz CT molecular complexity index is 818. The third kappa shape index (κ3) is 2.04. The van der Waals surface area contributed by atoms with E-state index in [4.69, 9.17) is 21.3 Å². The van der Waals surface area contributed by atoms with Crippen molar-refractivity contribution in [1.82, 2.24) is 15.4 Å². The number of hydrogen-bond donors (Lipinski definition) is 1. The van der Waals surface area contributed by atoms with E-state index in [-0.39, 0.29) is 10.7 Å². The number of H-pyrrole nitrogens is 1. The molecule has 7 heteroatoms. The molecule has 2 heterocycles. The number of nitriles is 1. The van der Waals surface area contributed by atoms with E-state index >= 15 is 0 Å². The van der Waals surface area contributed by atoms with E-state index < -0.39 is 5.82 Å². The summed E-state index contributed by atoms with van der Waals surface area (Å²) in [7, 11) is 0. The normalized spacial score (nSPS) is 10.4. The molecule has 0 aliphatic heterocycles. The third-order valence-corrected chi connectivity index (χ3v) is 2.99. The van der Waals surface area contributed by atoms with E-state index in [0.717, 1.165) is 0 Å². The van der Waals surface area contributed by atoms with E-state index in [2.05, 4.69) is 15.4 Å². The SMILES string of the molecule is N#Cc1n[nH]nc1-c1ccc(-c2ccc(F)c(Cl)c2)o1. The highest BCUT2D eigenvalue weighted by molar-refractivity contribution is 6.31. The first kappa shape index (κ1) is 12.4. The smallest absolute Gasteiger partial charge is 0.193 e. The van der Waals surface area contributed by atoms with Gasteiger partial charge >= 0.3 is 0 Å². The van der Waals surface area contributed by atoms with Gasteiger partial charge in [0, 0.05) is 5.56 Å². The van der Waals surface area contributed by atoms with Gasteiger partial charge in [-0.15, -0.1) is 5.10 Å². The predicted molar refractivity (Wildman–Crippen MR) is 69.2 cm³/mol. The highest BCUT2D eigenvalue weighted by Gasteiger charge is 2.15. The Morgan fingerprint density at radius 2 is 2.00 bits per heavy atom. The van der Waals surface area contributed by atoms with Crippen molar-refractivity contribution in [3.05, 3.63) is 46.9 Å². The van der Waals surface area contributed by atoms with Crippen molar-refractivity contribution >= 4 is 11.6 Å². The second-order valence-electron chi connectivity index (χ2n) is 3.93. The van der Waals surface area contributed by atoms with Crippen molar-refractivity contribution in [3.63, 3.8) is 0 Å². The third-order valence-electron chi connectivity index (χ3n) is 2.70. The van der Waals surface area contributed by atoms with Crippen LogP contribution >= 0.6 is 11.6 Å². The van der Waals surface area contributed by atoms with Gasteiger partial charge in [0.1, 0.15) is 17.6 Å². The highest BCUT2D eigenvalue weighted by atomic mass is 35.5. The summed E-state index contributed by atoms with van der Waals surface area (Å²) in [5.41, 5.74) is 1.10. The zero-order valence-electron chi connectivity index (χ0n) is 9.89. The number of hydrogen-bond acceptors (Lipinski definition) is 4. The molecule has 98 valence electrons. The topological polar surface area (TPSA) is 78.5 Å². The number of benzene rings is 1. The Morgan fingerprint density at radius 1 is 1.20 bits per heavy atom. The quantitative estimate of drug-likeness (QED) is 0.784. The van der Waals surface area contributed by atoms with Crippen molar-refractivity contribution in [2.75, 3.05) is 0 Å². The fraction of sp³-hybridized carbons (Fsp3) is 0. The minimum atomic E-state index is -0.495. The minimum absolute atomic E-state index is 0.0135. The standard InChI is InChI=1S/C13H6ClFN4O/c14-8-5-7(1-2-9(8)15)11-3-4-12(20-11)13-10(6-16)17-19-18-13/h1-5H,(H,17,18,19). The first-order valence-corrected chi connectivity index (χ1v) is 5.93. The molecule has 2 aromatic heterocycles. The maximum absolute atomic E-state index is 13.1. The van der Waals surface area contributed by atoms with Crippen LogP contribution in [0.25, 0.3) is 22.8 Å². The molecule has 0 spiro atoms. The zero-order chi connectivity index (χ0) is 14.1. The Labute approximate surface area is 117 Å². The van der Waals surface area contributed by atoms with Gasteiger partial charge in [-0.3, -0.25) is 0 Å². The summed E-state index contributed by atoms with van der Waals surface area (Å²) in [5.74, 6) is 0.394. The molecule has 3 aromatic rings. The molecule has 1 N–H and O–H groups in total. The molecule has 20 heavy (non-hydrogen) atoms. The molecule has 0 fully saturated rings. The molecule has 0 saturated carbocycles. The molecular formula is C13H6ClFN4O. The summed E-state index contributed by atoms with van der Waals surface area (Å²) in [6, 6.07) is 9.53. The first-order chi connectivity index (χ1) is 9.69. The number of furan rings is 1. The molecule has 0 unspecified atom stereocenters. The van der Waals surface area contributed by atoms with Gasteiger partial charge in [-0.1, -0.05) is 11.6 Å². The lowest BCUT2D eigenvalue weighted by atomic mass is 10.2. The maximum atomic E-state index is 13.1. The summed E-state index contributed by atoms with van der Waals surface area (Å²) >= 11 is 5.73. The molecular weight excluding hydrogens is 283 g/mol. The predicted octanol–water partition coefficient (Wildman–Crippen LogP) is 3.40. The summed E-state index contributed by atoms with van der Waals surface area (Å²) in [4.78, 5) is 0. The van der Waals surface area contributed by atoms with Gasteiger partial charge < -0.3 is 4.42 Å². The number of halogens is 2. The minimum Gasteiger partial charge on any atom is -0.454 e. The van der Waals surface area contributed by atoms with Crippen LogP contribution in [0.2, 0.25) is 5.02 Å². The maximum Gasteiger partial charge on any atom is 0.193 e. The number of rotatable bonds is 2. The Balaban J connectivity index is 2.02. The van der Waals surface area contributed by atoms with Crippen molar-refractivity contribution < 1.29 is 8.81 Å². The second kappa shape index (κ2) is 4.79.